The van der Waals surface area contributed by atoms with Gasteiger partial charge in [-0.2, -0.15) is 0 Å². The van der Waals surface area contributed by atoms with E-state index in [0.29, 0.717) is 35.6 Å². The Morgan fingerprint density at radius 2 is 1.97 bits per heavy atom. The van der Waals surface area contributed by atoms with Gasteiger partial charge in [-0.05, 0) is 54.5 Å². The second-order valence-corrected chi connectivity index (χ2v) is 10.8. The average molecular weight is 526 g/mol. The van der Waals surface area contributed by atoms with E-state index in [9.17, 15) is 14.7 Å². The summed E-state index contributed by atoms with van der Waals surface area (Å²) < 4.78 is 21.9. The molecule has 2 atom stereocenters. The highest BCUT2D eigenvalue weighted by molar-refractivity contribution is 5.93. The molecule has 0 amide bonds. The molecule has 7 nitrogen and oxygen atoms in total. The van der Waals surface area contributed by atoms with Crippen molar-refractivity contribution in [2.24, 2.45) is 0 Å². The maximum absolute atomic E-state index is 15.1. The Kier molecular flexibility index (Phi) is 5.31. The number of hydrogen-bond acceptors (Lipinski definition) is 6. The zero-order valence-electron chi connectivity index (χ0n) is 21.8. The van der Waals surface area contributed by atoms with Gasteiger partial charge in [0.25, 0.3) is 5.56 Å². The van der Waals surface area contributed by atoms with Crippen molar-refractivity contribution in [2.75, 3.05) is 0 Å². The first-order valence-electron chi connectivity index (χ1n) is 13.4. The first-order valence-corrected chi connectivity index (χ1v) is 13.4. The van der Waals surface area contributed by atoms with Crippen molar-refractivity contribution in [3.05, 3.63) is 97.6 Å². The monoisotopic (exact) mass is 525 g/mol. The largest absolute Gasteiger partial charge is 0.458 e. The van der Waals surface area contributed by atoms with E-state index in [2.05, 4.69) is 17.4 Å². The molecule has 2 N–H and O–H groups in total. The van der Waals surface area contributed by atoms with Crippen molar-refractivity contribution in [2.45, 2.75) is 64.4 Å². The molecule has 3 aliphatic rings. The molecule has 2 aromatic heterocycles. The fourth-order valence-electron chi connectivity index (χ4n) is 6.60. The van der Waals surface area contributed by atoms with Crippen LogP contribution in [0.2, 0.25) is 0 Å². The topological polar surface area (TPSA) is 93.5 Å². The minimum Gasteiger partial charge on any atom is -0.458 e. The van der Waals surface area contributed by atoms with E-state index < -0.39 is 11.6 Å². The van der Waals surface area contributed by atoms with Gasteiger partial charge in [-0.25, -0.2) is 14.2 Å². The van der Waals surface area contributed by atoms with Gasteiger partial charge in [0.05, 0.1) is 29.0 Å². The van der Waals surface area contributed by atoms with Crippen molar-refractivity contribution < 1.29 is 19.0 Å². The summed E-state index contributed by atoms with van der Waals surface area (Å²) in [6.07, 6.45) is 1.59. The number of cyclic esters (lactones) is 1. The number of benzene rings is 2. The fraction of sp³-hybridized carbons (Fsp3) is 0.323. The Balaban J connectivity index is 1.45. The summed E-state index contributed by atoms with van der Waals surface area (Å²) in [5.74, 6) is -1.05. The normalized spacial score (nSPS) is 20.9. The van der Waals surface area contributed by atoms with E-state index >= 15 is 4.39 Å². The van der Waals surface area contributed by atoms with Gasteiger partial charge in [0, 0.05) is 35.2 Å². The number of hydrogen-bond donors (Lipinski definition) is 2. The number of carbonyl (C=O) groups is 1. The van der Waals surface area contributed by atoms with Gasteiger partial charge in [0.1, 0.15) is 12.4 Å². The number of esters is 1. The van der Waals surface area contributed by atoms with Crippen molar-refractivity contribution in [1.82, 2.24) is 14.9 Å². The standard InChI is InChI=1S/C31H28FN3O4/c1-3-31(38)21-11-25-28-19(14-35(25)29(36)20(21)15-39-30(31)37)27-23(33-13-17-7-5-4-6-8-17)10-9-18-16(2)22(32)12-24(34-28)26(18)27/h4-8,11-12,23,33,38H,3,9-10,13-15H2,1-2H3/t23-,31-/m0/s1. The number of carbonyl (C=O) groups excluding carboxylic acids is 1. The number of halogens is 1. The predicted octanol–water partition coefficient (Wildman–Crippen LogP) is 4.30. The minimum absolute atomic E-state index is 0.0149. The molecule has 39 heavy (non-hydrogen) atoms. The van der Waals surface area contributed by atoms with E-state index in [4.69, 9.17) is 9.72 Å². The number of aromatic nitrogens is 2. The van der Waals surface area contributed by atoms with E-state index in [1.54, 1.807) is 17.6 Å². The zero-order valence-corrected chi connectivity index (χ0v) is 21.8. The van der Waals surface area contributed by atoms with Crippen LogP contribution in [0.5, 0.6) is 0 Å². The molecule has 0 saturated heterocycles. The Morgan fingerprint density at radius 1 is 1.18 bits per heavy atom. The molecule has 0 saturated carbocycles. The molecule has 4 heterocycles. The number of nitrogens with one attached hydrogen (secondary N) is 1. The summed E-state index contributed by atoms with van der Waals surface area (Å²) in [7, 11) is 0. The second-order valence-electron chi connectivity index (χ2n) is 10.8. The van der Waals surface area contributed by atoms with Gasteiger partial charge >= 0.3 is 5.97 Å². The van der Waals surface area contributed by atoms with Crippen LogP contribution in [0.1, 0.15) is 64.8 Å². The lowest BCUT2D eigenvalue weighted by Gasteiger charge is -2.31. The Morgan fingerprint density at radius 3 is 2.74 bits per heavy atom. The van der Waals surface area contributed by atoms with Gasteiger partial charge < -0.3 is 19.7 Å². The van der Waals surface area contributed by atoms with Crippen LogP contribution in [0.15, 0.2) is 47.3 Å². The summed E-state index contributed by atoms with van der Waals surface area (Å²) in [5, 5.41) is 15.9. The molecule has 0 bridgehead atoms. The summed E-state index contributed by atoms with van der Waals surface area (Å²) in [5.41, 5.74) is 4.78. The molecule has 198 valence electrons. The molecule has 4 aromatic rings. The van der Waals surface area contributed by atoms with Gasteiger partial charge in [-0.15, -0.1) is 0 Å². The Bertz CT molecular complexity index is 1760. The lowest BCUT2D eigenvalue weighted by Crippen LogP contribution is -2.44. The minimum atomic E-state index is -1.90. The SMILES string of the molecule is CC[C@@]1(O)C(=O)OCc2c1cc1n(c2=O)Cc2c-1nc1cc(F)c(C)c3c1c2[C@@H](NCc1ccccc1)CC3. The van der Waals surface area contributed by atoms with E-state index in [1.807, 2.05) is 25.1 Å². The smallest absolute Gasteiger partial charge is 0.343 e. The van der Waals surface area contributed by atoms with Gasteiger partial charge in [-0.3, -0.25) is 4.79 Å². The number of aryl methyl sites for hydroxylation is 1. The molecule has 8 heteroatoms. The third kappa shape index (κ3) is 3.38. The maximum atomic E-state index is 15.1. The fourth-order valence-corrected chi connectivity index (χ4v) is 6.60. The van der Waals surface area contributed by atoms with E-state index in [1.165, 1.54) is 6.07 Å². The van der Waals surface area contributed by atoms with Crippen LogP contribution in [0.3, 0.4) is 0 Å². The Hall–Kier alpha value is -3.88. The van der Waals surface area contributed by atoms with E-state index in [-0.39, 0.29) is 41.6 Å². The molecule has 7 rings (SSSR count). The van der Waals surface area contributed by atoms with Crippen LogP contribution >= 0.6 is 0 Å². The van der Waals surface area contributed by atoms with E-state index in [0.717, 1.165) is 40.5 Å². The van der Waals surface area contributed by atoms with Crippen LogP contribution < -0.4 is 10.9 Å². The third-order valence-electron chi connectivity index (χ3n) is 8.77. The molecule has 0 unspecified atom stereocenters. The average Bonchev–Trinajstić information content (AvgIpc) is 3.32. The highest BCUT2D eigenvalue weighted by atomic mass is 19.1. The summed E-state index contributed by atoms with van der Waals surface area (Å²) in [4.78, 5) is 31.2. The van der Waals surface area contributed by atoms with Gasteiger partial charge in [0.2, 0.25) is 0 Å². The predicted molar refractivity (Wildman–Crippen MR) is 144 cm³/mol. The number of aliphatic hydroxyl groups is 1. The molecule has 2 aliphatic heterocycles. The number of rotatable bonds is 4. The first-order chi connectivity index (χ1) is 18.8. The van der Waals surface area contributed by atoms with Crippen LogP contribution in [0.25, 0.3) is 22.3 Å². The summed E-state index contributed by atoms with van der Waals surface area (Å²) in [6.45, 7) is 4.30. The first kappa shape index (κ1) is 24.2. The van der Waals surface area contributed by atoms with Gasteiger partial charge in [0.15, 0.2) is 5.60 Å². The summed E-state index contributed by atoms with van der Waals surface area (Å²) >= 11 is 0. The molecule has 0 radical (unpaired) electrons. The molecular weight excluding hydrogens is 497 g/mol. The molecule has 0 spiro atoms. The third-order valence-corrected chi connectivity index (χ3v) is 8.77. The van der Waals surface area contributed by atoms with Crippen LogP contribution in [0, 0.1) is 12.7 Å². The molecule has 2 aromatic carbocycles. The summed E-state index contributed by atoms with van der Waals surface area (Å²) in [6, 6.07) is 13.3. The number of fused-ring (bicyclic) bond motifs is 5. The highest BCUT2D eigenvalue weighted by Crippen LogP contribution is 2.46. The van der Waals surface area contributed by atoms with Crippen LogP contribution in [0.4, 0.5) is 4.39 Å². The maximum Gasteiger partial charge on any atom is 0.343 e. The van der Waals surface area contributed by atoms with Crippen molar-refractivity contribution in [3.8, 4) is 11.4 Å². The molecular formula is C31H28FN3O4. The van der Waals surface area contributed by atoms with Crippen molar-refractivity contribution in [3.63, 3.8) is 0 Å². The second kappa shape index (κ2) is 8.56. The van der Waals surface area contributed by atoms with Crippen molar-refractivity contribution >= 4 is 16.9 Å². The Labute approximate surface area is 224 Å². The highest BCUT2D eigenvalue weighted by Gasteiger charge is 2.45. The zero-order chi connectivity index (χ0) is 27.1. The quantitative estimate of drug-likeness (QED) is 0.340. The van der Waals surface area contributed by atoms with Crippen molar-refractivity contribution in [1.29, 1.82) is 0 Å². The van der Waals surface area contributed by atoms with Crippen LogP contribution in [-0.4, -0.2) is 20.6 Å². The molecule has 1 aliphatic carbocycles. The lowest BCUT2D eigenvalue weighted by molar-refractivity contribution is -0.172. The number of nitrogens with zero attached hydrogens (tertiary/aromatic N) is 2. The number of pyridine rings is 2. The van der Waals surface area contributed by atoms with Gasteiger partial charge in [-0.1, -0.05) is 37.3 Å². The number of ether oxygens (including phenoxy) is 1. The lowest BCUT2D eigenvalue weighted by atomic mass is 9.81. The van der Waals surface area contributed by atoms with Crippen LogP contribution in [-0.2, 0) is 41.2 Å². The molecule has 0 fully saturated rings.